The second kappa shape index (κ2) is 10.9. The summed E-state index contributed by atoms with van der Waals surface area (Å²) >= 11 is 1.68. The summed E-state index contributed by atoms with van der Waals surface area (Å²) in [5.41, 5.74) is 3.09. The van der Waals surface area contributed by atoms with Crippen LogP contribution in [0.4, 0.5) is 5.82 Å². The lowest BCUT2D eigenvalue weighted by atomic mass is 10.2. The van der Waals surface area contributed by atoms with Crippen LogP contribution in [-0.2, 0) is 16.1 Å². The zero-order valence-corrected chi connectivity index (χ0v) is 20.7. The Labute approximate surface area is 204 Å². The molecule has 1 aromatic carbocycles. The maximum Gasteiger partial charge on any atom is 0.239 e. The highest BCUT2D eigenvalue weighted by atomic mass is 32.1. The van der Waals surface area contributed by atoms with Gasteiger partial charge in [0.2, 0.25) is 5.91 Å². The summed E-state index contributed by atoms with van der Waals surface area (Å²) < 4.78 is 13.0. The highest BCUT2D eigenvalue weighted by Gasteiger charge is 2.24. The van der Waals surface area contributed by atoms with Gasteiger partial charge in [-0.2, -0.15) is 5.26 Å². The van der Waals surface area contributed by atoms with Gasteiger partial charge in [0.15, 0.2) is 0 Å². The number of carbonyl (C=O) groups excluding carboxylic acids is 1. The first kappa shape index (κ1) is 24.0. The summed E-state index contributed by atoms with van der Waals surface area (Å²) in [4.78, 5) is 16.6. The fraction of sp³-hybridized carbons (Fsp3) is 0.385. The molecule has 2 aromatic heterocycles. The summed E-state index contributed by atoms with van der Waals surface area (Å²) in [6.45, 7) is 6.25. The molecule has 1 atom stereocenters. The van der Waals surface area contributed by atoms with Gasteiger partial charge in [-0.1, -0.05) is 6.07 Å². The van der Waals surface area contributed by atoms with Crippen molar-refractivity contribution in [3.05, 3.63) is 63.5 Å². The number of hydrogen-bond donors (Lipinski definition) is 1. The van der Waals surface area contributed by atoms with E-state index in [1.54, 1.807) is 18.4 Å². The highest BCUT2D eigenvalue weighted by molar-refractivity contribution is 7.09. The van der Waals surface area contributed by atoms with Crippen LogP contribution in [0.1, 0.15) is 34.5 Å². The number of aromatic nitrogens is 1. The molecule has 3 aromatic rings. The van der Waals surface area contributed by atoms with Gasteiger partial charge < -0.3 is 14.8 Å². The third-order valence-corrected chi connectivity index (χ3v) is 7.09. The number of nitriles is 1. The Kier molecular flexibility index (Phi) is 7.68. The summed E-state index contributed by atoms with van der Waals surface area (Å²) in [6, 6.07) is 14.0. The molecular formula is C26H30N4O3S. The number of carbonyl (C=O) groups is 1. The van der Waals surface area contributed by atoms with Crippen LogP contribution in [0.5, 0.6) is 5.75 Å². The van der Waals surface area contributed by atoms with Gasteiger partial charge in [-0.3, -0.25) is 14.3 Å². The van der Waals surface area contributed by atoms with Crippen LogP contribution in [0.3, 0.4) is 0 Å². The average molecular weight is 479 g/mol. The zero-order valence-electron chi connectivity index (χ0n) is 19.8. The van der Waals surface area contributed by atoms with Crippen molar-refractivity contribution in [3.8, 4) is 17.5 Å². The second-order valence-electron chi connectivity index (χ2n) is 8.51. The Hall–Kier alpha value is -3.12. The van der Waals surface area contributed by atoms with Crippen LogP contribution in [0.15, 0.2) is 41.8 Å². The molecule has 1 saturated heterocycles. The molecule has 8 heteroatoms. The first-order valence-electron chi connectivity index (χ1n) is 11.4. The van der Waals surface area contributed by atoms with E-state index < -0.39 is 0 Å². The summed E-state index contributed by atoms with van der Waals surface area (Å²) in [5.74, 6) is 1.09. The third kappa shape index (κ3) is 5.33. The molecule has 0 radical (unpaired) electrons. The largest absolute Gasteiger partial charge is 0.497 e. The molecule has 0 spiro atoms. The molecule has 178 valence electrons. The topological polar surface area (TPSA) is 79.5 Å². The highest BCUT2D eigenvalue weighted by Crippen LogP contribution is 2.31. The number of anilines is 1. The molecule has 0 saturated carbocycles. The van der Waals surface area contributed by atoms with Gasteiger partial charge in [0, 0.05) is 36.0 Å². The molecule has 1 aliphatic rings. The number of thiophene rings is 1. The van der Waals surface area contributed by atoms with E-state index in [-0.39, 0.29) is 18.6 Å². The number of benzene rings is 1. The molecule has 4 rings (SSSR count). The van der Waals surface area contributed by atoms with E-state index in [1.165, 1.54) is 4.88 Å². The van der Waals surface area contributed by atoms with Crippen LogP contribution < -0.4 is 10.1 Å². The number of methoxy groups -OCH3 is 1. The van der Waals surface area contributed by atoms with Crippen LogP contribution in [-0.4, -0.2) is 48.3 Å². The quantitative estimate of drug-likeness (QED) is 0.484. The molecule has 1 fully saturated rings. The standard InChI is InChI=1S/C26H30N4O3S/c1-18-19(2)30(20-8-10-21(32-3)11-9-20)26(24(18)14-27)28-25(31)17-29(15-22-6-4-12-33-22)16-23-7-5-13-34-23/h5,7-11,13,22H,4,6,12,15-17H2,1-3H3,(H,28,31)/t22-/m0/s1. The number of ether oxygens (including phenoxy) is 2. The number of rotatable bonds is 9. The van der Waals surface area contributed by atoms with E-state index in [0.29, 0.717) is 24.5 Å². The van der Waals surface area contributed by atoms with Gasteiger partial charge in [0.1, 0.15) is 17.6 Å². The van der Waals surface area contributed by atoms with Crippen molar-refractivity contribution in [1.29, 1.82) is 5.26 Å². The summed E-state index contributed by atoms with van der Waals surface area (Å²) in [7, 11) is 1.62. The normalized spacial score (nSPS) is 15.4. The fourth-order valence-corrected chi connectivity index (χ4v) is 5.12. The lowest BCUT2D eigenvalue weighted by Gasteiger charge is -2.24. The molecule has 1 N–H and O–H groups in total. The van der Waals surface area contributed by atoms with Gasteiger partial charge in [-0.25, -0.2) is 0 Å². The van der Waals surface area contributed by atoms with Crippen LogP contribution in [0.2, 0.25) is 0 Å². The molecule has 34 heavy (non-hydrogen) atoms. The van der Waals surface area contributed by atoms with Gasteiger partial charge in [0.05, 0.1) is 25.3 Å². The van der Waals surface area contributed by atoms with E-state index >= 15 is 0 Å². The van der Waals surface area contributed by atoms with E-state index in [0.717, 1.165) is 42.1 Å². The van der Waals surface area contributed by atoms with E-state index in [1.807, 2.05) is 54.1 Å². The lowest BCUT2D eigenvalue weighted by molar-refractivity contribution is -0.117. The number of hydrogen-bond acceptors (Lipinski definition) is 6. The van der Waals surface area contributed by atoms with Crippen molar-refractivity contribution in [1.82, 2.24) is 9.47 Å². The molecule has 0 bridgehead atoms. The van der Waals surface area contributed by atoms with Gasteiger partial charge >= 0.3 is 0 Å². The predicted molar refractivity (Wildman–Crippen MR) is 134 cm³/mol. The Balaban J connectivity index is 1.57. The van der Waals surface area contributed by atoms with E-state index in [9.17, 15) is 10.1 Å². The van der Waals surface area contributed by atoms with E-state index in [4.69, 9.17) is 9.47 Å². The second-order valence-corrected chi connectivity index (χ2v) is 9.54. The SMILES string of the molecule is COc1ccc(-n2c(C)c(C)c(C#N)c2NC(=O)CN(Cc2cccs2)C[C@@H]2CCCO2)cc1. The molecule has 1 amide bonds. The van der Waals surface area contributed by atoms with Crippen LogP contribution in [0, 0.1) is 25.2 Å². The smallest absolute Gasteiger partial charge is 0.239 e. The summed E-state index contributed by atoms with van der Waals surface area (Å²) in [5, 5.41) is 15.0. The van der Waals surface area contributed by atoms with Crippen molar-refractivity contribution in [2.75, 3.05) is 32.1 Å². The molecule has 0 unspecified atom stereocenters. The number of nitrogens with zero attached hydrogens (tertiary/aromatic N) is 3. The fourth-order valence-electron chi connectivity index (χ4n) is 4.37. The average Bonchev–Trinajstić information content (AvgIpc) is 3.58. The maximum absolute atomic E-state index is 13.3. The van der Waals surface area contributed by atoms with Crippen molar-refractivity contribution in [2.24, 2.45) is 0 Å². The van der Waals surface area contributed by atoms with Gasteiger partial charge in [-0.05, 0) is 68.0 Å². The number of amides is 1. The molecular weight excluding hydrogens is 448 g/mol. The number of nitrogens with one attached hydrogen (secondary N) is 1. The summed E-state index contributed by atoms with van der Waals surface area (Å²) in [6.07, 6.45) is 2.22. The molecule has 7 nitrogen and oxygen atoms in total. The monoisotopic (exact) mass is 478 g/mol. The minimum Gasteiger partial charge on any atom is -0.497 e. The molecule has 1 aliphatic heterocycles. The Morgan fingerprint density at radius 3 is 2.74 bits per heavy atom. The Morgan fingerprint density at radius 2 is 2.12 bits per heavy atom. The van der Waals surface area contributed by atoms with Crippen molar-refractivity contribution in [3.63, 3.8) is 0 Å². The minimum atomic E-state index is -0.154. The molecule has 0 aliphatic carbocycles. The third-order valence-electron chi connectivity index (χ3n) is 6.23. The van der Waals surface area contributed by atoms with Gasteiger partial charge in [0.25, 0.3) is 0 Å². The van der Waals surface area contributed by atoms with Crippen LogP contribution >= 0.6 is 11.3 Å². The lowest BCUT2D eigenvalue weighted by Crippen LogP contribution is -2.38. The first-order valence-corrected chi connectivity index (χ1v) is 12.3. The zero-order chi connectivity index (χ0) is 24.1. The maximum atomic E-state index is 13.3. The van der Waals surface area contributed by atoms with Crippen molar-refractivity contribution < 1.29 is 14.3 Å². The van der Waals surface area contributed by atoms with E-state index in [2.05, 4.69) is 22.4 Å². The van der Waals surface area contributed by atoms with Crippen LogP contribution in [0.25, 0.3) is 5.69 Å². The molecule has 3 heterocycles. The van der Waals surface area contributed by atoms with Gasteiger partial charge in [-0.15, -0.1) is 11.3 Å². The Bertz CT molecular complexity index is 1160. The minimum absolute atomic E-state index is 0.148. The first-order chi connectivity index (χ1) is 16.5. The Morgan fingerprint density at radius 1 is 1.32 bits per heavy atom. The van der Waals surface area contributed by atoms with Crippen molar-refractivity contribution in [2.45, 2.75) is 39.3 Å². The van der Waals surface area contributed by atoms with Crippen molar-refractivity contribution >= 4 is 23.1 Å². The predicted octanol–water partition coefficient (Wildman–Crippen LogP) is 4.66.